The number of anilines is 2. The molecule has 0 spiro atoms. The van der Waals surface area contributed by atoms with Crippen LogP contribution in [-0.4, -0.2) is 24.1 Å². The number of hydrogen-bond acceptors (Lipinski definition) is 5. The van der Waals surface area contributed by atoms with Crippen molar-refractivity contribution in [2.24, 2.45) is 0 Å². The summed E-state index contributed by atoms with van der Waals surface area (Å²) < 4.78 is 11.6. The molecule has 0 aliphatic carbocycles. The molecule has 0 atom stereocenters. The highest BCUT2D eigenvalue weighted by molar-refractivity contribution is 6.37. The Labute approximate surface area is 210 Å². The molecule has 5 rings (SSSR count). The number of rotatable bonds is 8. The normalized spacial score (nSPS) is 13.6. The molecule has 36 heavy (non-hydrogen) atoms. The molecule has 4 aromatic rings. The second-order valence-corrected chi connectivity index (χ2v) is 8.22. The van der Waals surface area contributed by atoms with Crippen molar-refractivity contribution in [2.45, 2.75) is 13.8 Å². The van der Waals surface area contributed by atoms with Crippen LogP contribution in [0.15, 0.2) is 91.3 Å². The first-order valence-corrected chi connectivity index (χ1v) is 12.0. The number of nitrogens with zero attached hydrogens (tertiary/aromatic N) is 1. The minimum absolute atomic E-state index is 0.180. The number of pyridine rings is 1. The number of ether oxygens (including phenoxy) is 2. The Morgan fingerprint density at radius 3 is 2.14 bits per heavy atom. The predicted molar refractivity (Wildman–Crippen MR) is 144 cm³/mol. The number of fused-ring (bicyclic) bond motifs is 1. The lowest BCUT2D eigenvalue weighted by Gasteiger charge is -2.16. The molecule has 0 fully saturated rings. The fourth-order valence-electron chi connectivity index (χ4n) is 4.28. The van der Waals surface area contributed by atoms with Gasteiger partial charge < -0.3 is 20.1 Å². The minimum Gasteiger partial charge on any atom is -0.490 e. The third-order valence-electron chi connectivity index (χ3n) is 5.91. The minimum atomic E-state index is -0.180. The Morgan fingerprint density at radius 2 is 1.47 bits per heavy atom. The molecule has 1 aromatic heterocycles. The highest BCUT2D eigenvalue weighted by Gasteiger charge is 2.30. The number of nitrogens with one attached hydrogen (secondary N) is 2. The molecule has 1 aliphatic rings. The average Bonchev–Trinajstić information content (AvgIpc) is 3.23. The first-order chi connectivity index (χ1) is 17.7. The molecule has 0 saturated heterocycles. The van der Waals surface area contributed by atoms with Gasteiger partial charge in [0.1, 0.15) is 0 Å². The summed E-state index contributed by atoms with van der Waals surface area (Å²) in [7, 11) is 0. The van der Waals surface area contributed by atoms with E-state index in [1.807, 2.05) is 80.6 Å². The fourth-order valence-corrected chi connectivity index (χ4v) is 4.28. The Kier molecular flexibility index (Phi) is 6.67. The summed E-state index contributed by atoms with van der Waals surface area (Å²) in [5, 5.41) is 6.52. The zero-order valence-electron chi connectivity index (χ0n) is 20.2. The van der Waals surface area contributed by atoms with Crippen LogP contribution in [0.3, 0.4) is 0 Å². The fraction of sp³-hybridized carbons (Fsp3) is 0.133. The maximum atomic E-state index is 13.3. The number of aromatic nitrogens is 1. The van der Waals surface area contributed by atoms with Gasteiger partial charge in [-0.05, 0) is 60.9 Å². The van der Waals surface area contributed by atoms with Crippen LogP contribution in [0.4, 0.5) is 11.4 Å². The van der Waals surface area contributed by atoms with Gasteiger partial charge in [0, 0.05) is 29.7 Å². The van der Waals surface area contributed by atoms with E-state index in [0.29, 0.717) is 36.0 Å². The molecular formula is C30H27N3O3. The Bertz CT molecular complexity index is 1400. The van der Waals surface area contributed by atoms with E-state index in [1.165, 1.54) is 0 Å². The monoisotopic (exact) mass is 477 g/mol. The highest BCUT2D eigenvalue weighted by Crippen LogP contribution is 2.43. The van der Waals surface area contributed by atoms with Crippen LogP contribution < -0.4 is 20.1 Å². The topological polar surface area (TPSA) is 72.5 Å². The van der Waals surface area contributed by atoms with Crippen molar-refractivity contribution in [1.82, 2.24) is 4.98 Å². The van der Waals surface area contributed by atoms with Crippen molar-refractivity contribution in [3.8, 4) is 22.6 Å². The smallest absolute Gasteiger partial charge is 0.258 e. The molecule has 2 N–H and O–H groups in total. The van der Waals surface area contributed by atoms with E-state index in [1.54, 1.807) is 12.4 Å². The van der Waals surface area contributed by atoms with Gasteiger partial charge in [-0.3, -0.25) is 9.78 Å². The molecule has 6 heteroatoms. The SMILES string of the molecule is CCOc1cc2c(cc1OCC)C(=C(Nc1ccc(-c3ccncc3)cc1)c1ccccc1)C(=O)N2. The quantitative estimate of drug-likeness (QED) is 0.284. The Hall–Kier alpha value is -4.58. The van der Waals surface area contributed by atoms with Crippen molar-refractivity contribution < 1.29 is 14.3 Å². The van der Waals surface area contributed by atoms with Gasteiger partial charge in [-0.25, -0.2) is 0 Å². The number of benzene rings is 3. The summed E-state index contributed by atoms with van der Waals surface area (Å²) >= 11 is 0. The molecule has 0 saturated carbocycles. The number of hydrogen-bond donors (Lipinski definition) is 2. The first kappa shape index (κ1) is 23.2. The van der Waals surface area contributed by atoms with Crippen LogP contribution in [-0.2, 0) is 4.79 Å². The summed E-state index contributed by atoms with van der Waals surface area (Å²) in [5.41, 5.74) is 6.70. The van der Waals surface area contributed by atoms with E-state index in [4.69, 9.17) is 9.47 Å². The van der Waals surface area contributed by atoms with Crippen LogP contribution in [0.25, 0.3) is 22.4 Å². The van der Waals surface area contributed by atoms with Crippen LogP contribution in [0.5, 0.6) is 11.5 Å². The highest BCUT2D eigenvalue weighted by atomic mass is 16.5. The maximum absolute atomic E-state index is 13.3. The summed E-state index contributed by atoms with van der Waals surface area (Å²) in [5.74, 6) is 1.04. The number of carbonyl (C=O) groups excluding carboxylic acids is 1. The molecule has 0 radical (unpaired) electrons. The predicted octanol–water partition coefficient (Wildman–Crippen LogP) is 6.48. The zero-order chi connectivity index (χ0) is 24.9. The number of amides is 1. The van der Waals surface area contributed by atoms with Crippen LogP contribution in [0.2, 0.25) is 0 Å². The molecule has 6 nitrogen and oxygen atoms in total. The van der Waals surface area contributed by atoms with E-state index >= 15 is 0 Å². The maximum Gasteiger partial charge on any atom is 0.258 e. The van der Waals surface area contributed by atoms with E-state index in [-0.39, 0.29) is 5.91 Å². The molecular weight excluding hydrogens is 450 g/mol. The molecule has 1 aliphatic heterocycles. The first-order valence-electron chi connectivity index (χ1n) is 12.0. The molecule has 3 aromatic carbocycles. The lowest BCUT2D eigenvalue weighted by molar-refractivity contribution is -0.110. The third-order valence-corrected chi connectivity index (χ3v) is 5.91. The van der Waals surface area contributed by atoms with Crippen molar-refractivity contribution in [2.75, 3.05) is 23.8 Å². The zero-order valence-corrected chi connectivity index (χ0v) is 20.2. The second-order valence-electron chi connectivity index (χ2n) is 8.22. The van der Waals surface area contributed by atoms with Crippen LogP contribution in [0, 0.1) is 0 Å². The lowest BCUT2D eigenvalue weighted by atomic mass is 9.99. The molecule has 180 valence electrons. The van der Waals surface area contributed by atoms with Crippen molar-refractivity contribution >= 4 is 28.6 Å². The number of carbonyl (C=O) groups is 1. The summed E-state index contributed by atoms with van der Waals surface area (Å²) in [4.78, 5) is 17.4. The van der Waals surface area contributed by atoms with Crippen molar-refractivity contribution in [3.63, 3.8) is 0 Å². The van der Waals surface area contributed by atoms with Crippen molar-refractivity contribution in [1.29, 1.82) is 0 Å². The van der Waals surface area contributed by atoms with E-state index in [9.17, 15) is 4.79 Å². The lowest BCUT2D eigenvalue weighted by Crippen LogP contribution is -2.10. The van der Waals surface area contributed by atoms with E-state index in [0.717, 1.165) is 33.6 Å². The summed E-state index contributed by atoms with van der Waals surface area (Å²) in [6, 6.07) is 25.7. The van der Waals surface area contributed by atoms with Gasteiger partial charge in [0.15, 0.2) is 11.5 Å². The van der Waals surface area contributed by atoms with E-state index < -0.39 is 0 Å². The van der Waals surface area contributed by atoms with Crippen molar-refractivity contribution in [3.05, 3.63) is 102 Å². The van der Waals surface area contributed by atoms with Gasteiger partial charge in [-0.15, -0.1) is 0 Å². The van der Waals surface area contributed by atoms with Gasteiger partial charge >= 0.3 is 0 Å². The van der Waals surface area contributed by atoms with Gasteiger partial charge in [-0.2, -0.15) is 0 Å². The van der Waals surface area contributed by atoms with Crippen LogP contribution in [0.1, 0.15) is 25.0 Å². The summed E-state index contributed by atoms with van der Waals surface area (Å²) in [6.07, 6.45) is 3.56. The third kappa shape index (κ3) is 4.66. The second kappa shape index (κ2) is 10.4. The van der Waals surface area contributed by atoms with Gasteiger partial charge in [0.25, 0.3) is 5.91 Å². The Balaban J connectivity index is 1.60. The molecule has 1 amide bonds. The van der Waals surface area contributed by atoms with Gasteiger partial charge in [0.2, 0.25) is 0 Å². The molecule has 0 unspecified atom stereocenters. The molecule has 0 bridgehead atoms. The van der Waals surface area contributed by atoms with Crippen LogP contribution >= 0.6 is 0 Å². The largest absolute Gasteiger partial charge is 0.490 e. The summed E-state index contributed by atoms with van der Waals surface area (Å²) in [6.45, 7) is 4.84. The average molecular weight is 478 g/mol. The Morgan fingerprint density at radius 1 is 0.833 bits per heavy atom. The molecule has 2 heterocycles. The van der Waals surface area contributed by atoms with Gasteiger partial charge in [-0.1, -0.05) is 42.5 Å². The standard InChI is InChI=1S/C30H27N3O3/c1-3-35-26-18-24-25(19-27(26)36-4-2)33-30(34)28(24)29(22-8-6-5-7-9-22)32-23-12-10-20(11-13-23)21-14-16-31-17-15-21/h5-19,32H,3-4H2,1-2H3,(H,33,34). The van der Waals surface area contributed by atoms with Gasteiger partial charge in [0.05, 0.1) is 30.2 Å². The van der Waals surface area contributed by atoms with E-state index in [2.05, 4.69) is 27.8 Å².